The molecule has 0 amide bonds. The molecule has 0 unspecified atom stereocenters. The number of methoxy groups -OCH3 is 1. The van der Waals surface area contributed by atoms with Gasteiger partial charge in [0.25, 0.3) is 0 Å². The lowest BCUT2D eigenvalue weighted by molar-refractivity contribution is 0.401. The van der Waals surface area contributed by atoms with Crippen molar-refractivity contribution in [1.29, 1.82) is 0 Å². The van der Waals surface area contributed by atoms with E-state index in [1.165, 1.54) is 7.11 Å². The van der Waals surface area contributed by atoms with E-state index < -0.39 is 31.0 Å². The van der Waals surface area contributed by atoms with Crippen LogP contribution in [0.4, 0.5) is 0 Å². The van der Waals surface area contributed by atoms with Crippen molar-refractivity contribution in [3.05, 3.63) is 23.8 Å². The first-order chi connectivity index (χ1) is 11.6. The van der Waals surface area contributed by atoms with Crippen molar-refractivity contribution < 1.29 is 21.6 Å². The van der Waals surface area contributed by atoms with Crippen molar-refractivity contribution in [2.24, 2.45) is 5.92 Å². The number of hydrogen-bond acceptors (Lipinski definition) is 6. The molecule has 142 valence electrons. The first kappa shape index (κ1) is 20.2. The van der Waals surface area contributed by atoms with E-state index in [2.05, 4.69) is 19.2 Å². The highest BCUT2D eigenvalue weighted by Crippen LogP contribution is 2.32. The van der Waals surface area contributed by atoms with Crippen LogP contribution in [0.25, 0.3) is 0 Å². The Bertz CT molecular complexity index is 815. The van der Waals surface area contributed by atoms with Gasteiger partial charge in [0.15, 0.2) is 19.7 Å². The van der Waals surface area contributed by atoms with E-state index in [0.29, 0.717) is 12.5 Å². The van der Waals surface area contributed by atoms with Crippen LogP contribution < -0.4 is 10.1 Å². The standard InChI is InChI=1S/C17H27NO5S2/c1-12(2)7-8-18-14-10-24(19,20)11-17(14)25(21,22)16-9-13(3)5-6-15(16)23-4/h5-6,9,12,14,17-18H,7-8,10-11H2,1-4H3/t14-,17-/m0/s1. The second-order valence-electron chi connectivity index (χ2n) is 7.06. The molecule has 0 bridgehead atoms. The van der Waals surface area contributed by atoms with Gasteiger partial charge in [-0.05, 0) is 43.5 Å². The van der Waals surface area contributed by atoms with E-state index in [0.717, 1.165) is 12.0 Å². The summed E-state index contributed by atoms with van der Waals surface area (Å²) in [6, 6.07) is 4.32. The molecule has 1 fully saturated rings. The van der Waals surface area contributed by atoms with Crippen molar-refractivity contribution in [3.63, 3.8) is 0 Å². The quantitative estimate of drug-likeness (QED) is 0.761. The monoisotopic (exact) mass is 389 g/mol. The van der Waals surface area contributed by atoms with Crippen LogP contribution in [0, 0.1) is 12.8 Å². The SMILES string of the molecule is COc1ccc(C)cc1S(=O)(=O)[C@H]1CS(=O)(=O)C[C@@H]1NCCC(C)C. The van der Waals surface area contributed by atoms with Gasteiger partial charge in [0.05, 0.1) is 23.9 Å². The Morgan fingerprint density at radius 2 is 1.96 bits per heavy atom. The Morgan fingerprint density at radius 1 is 1.28 bits per heavy atom. The third-order valence-corrected chi connectivity index (χ3v) is 8.62. The molecule has 0 aromatic heterocycles. The predicted octanol–water partition coefficient (Wildman–Crippen LogP) is 1.58. The summed E-state index contributed by atoms with van der Waals surface area (Å²) in [7, 11) is -5.83. The maximum Gasteiger partial charge on any atom is 0.187 e. The number of rotatable bonds is 7. The zero-order valence-electron chi connectivity index (χ0n) is 15.2. The van der Waals surface area contributed by atoms with Gasteiger partial charge in [0, 0.05) is 6.04 Å². The summed E-state index contributed by atoms with van der Waals surface area (Å²) in [5.74, 6) is 0.197. The van der Waals surface area contributed by atoms with Crippen molar-refractivity contribution in [1.82, 2.24) is 5.32 Å². The Hall–Kier alpha value is -1.12. The average Bonchev–Trinajstić information content (AvgIpc) is 2.82. The fourth-order valence-corrected chi connectivity index (χ4v) is 8.00. The second-order valence-corrected chi connectivity index (χ2v) is 11.3. The molecular weight excluding hydrogens is 362 g/mol. The third kappa shape index (κ3) is 4.74. The lowest BCUT2D eigenvalue weighted by atomic mass is 10.1. The molecule has 1 aliphatic heterocycles. The van der Waals surface area contributed by atoms with E-state index in [1.807, 2.05) is 0 Å². The smallest absolute Gasteiger partial charge is 0.187 e. The molecule has 6 nitrogen and oxygen atoms in total. The van der Waals surface area contributed by atoms with Gasteiger partial charge in [0.2, 0.25) is 0 Å². The number of sulfone groups is 2. The number of hydrogen-bond donors (Lipinski definition) is 1. The maximum atomic E-state index is 13.2. The largest absolute Gasteiger partial charge is 0.495 e. The molecule has 1 heterocycles. The number of nitrogens with one attached hydrogen (secondary N) is 1. The number of aryl methyl sites for hydroxylation is 1. The van der Waals surface area contributed by atoms with Crippen LogP contribution in [0.15, 0.2) is 23.1 Å². The fraction of sp³-hybridized carbons (Fsp3) is 0.647. The van der Waals surface area contributed by atoms with Crippen molar-refractivity contribution in [2.75, 3.05) is 25.2 Å². The second kappa shape index (κ2) is 7.63. The summed E-state index contributed by atoms with van der Waals surface area (Å²) < 4.78 is 55.8. The highest BCUT2D eigenvalue weighted by Gasteiger charge is 2.46. The van der Waals surface area contributed by atoms with Crippen LogP contribution in [0.5, 0.6) is 5.75 Å². The van der Waals surface area contributed by atoms with Crippen molar-refractivity contribution in [3.8, 4) is 5.75 Å². The van der Waals surface area contributed by atoms with Crippen LogP contribution in [0.1, 0.15) is 25.8 Å². The maximum absolute atomic E-state index is 13.2. The summed E-state index contributed by atoms with van der Waals surface area (Å²) in [4.78, 5) is 0.0627. The normalized spacial score (nSPS) is 23.1. The van der Waals surface area contributed by atoms with E-state index in [4.69, 9.17) is 4.74 Å². The minimum absolute atomic E-state index is 0.0627. The van der Waals surface area contributed by atoms with Crippen molar-refractivity contribution in [2.45, 2.75) is 43.4 Å². The molecular formula is C17H27NO5S2. The molecule has 8 heteroatoms. The Morgan fingerprint density at radius 3 is 2.56 bits per heavy atom. The van der Waals surface area contributed by atoms with Crippen LogP contribution in [0.2, 0.25) is 0 Å². The summed E-state index contributed by atoms with van der Waals surface area (Å²) in [6.45, 7) is 6.52. The molecule has 1 aromatic rings. The first-order valence-electron chi connectivity index (χ1n) is 8.39. The molecule has 25 heavy (non-hydrogen) atoms. The van der Waals surface area contributed by atoms with Crippen LogP contribution in [-0.2, 0) is 19.7 Å². The Kier molecular flexibility index (Phi) is 6.17. The van der Waals surface area contributed by atoms with Gasteiger partial charge < -0.3 is 10.1 Å². The van der Waals surface area contributed by atoms with Crippen LogP contribution in [0.3, 0.4) is 0 Å². The molecule has 2 atom stereocenters. The zero-order valence-corrected chi connectivity index (χ0v) is 16.8. The highest BCUT2D eigenvalue weighted by molar-refractivity contribution is 7.96. The molecule has 1 aromatic carbocycles. The zero-order chi connectivity index (χ0) is 18.8. The van der Waals surface area contributed by atoms with E-state index in [1.54, 1.807) is 25.1 Å². The van der Waals surface area contributed by atoms with Crippen LogP contribution >= 0.6 is 0 Å². The highest BCUT2D eigenvalue weighted by atomic mass is 32.2. The third-order valence-electron chi connectivity index (χ3n) is 4.45. The number of ether oxygens (including phenoxy) is 1. The lowest BCUT2D eigenvalue weighted by Gasteiger charge is -2.21. The summed E-state index contributed by atoms with van der Waals surface area (Å²) in [5, 5.41) is 2.15. The average molecular weight is 390 g/mol. The number of benzene rings is 1. The van der Waals surface area contributed by atoms with E-state index in [-0.39, 0.29) is 22.2 Å². The van der Waals surface area contributed by atoms with Gasteiger partial charge in [-0.15, -0.1) is 0 Å². The molecule has 0 radical (unpaired) electrons. The molecule has 1 saturated heterocycles. The Balaban J connectivity index is 2.36. The fourth-order valence-electron chi connectivity index (χ4n) is 3.04. The predicted molar refractivity (Wildman–Crippen MR) is 98.6 cm³/mol. The van der Waals surface area contributed by atoms with Crippen LogP contribution in [-0.4, -0.2) is 53.3 Å². The van der Waals surface area contributed by atoms with E-state index >= 15 is 0 Å². The molecule has 0 saturated carbocycles. The summed E-state index contributed by atoms with van der Waals surface area (Å²) in [5.41, 5.74) is 0.782. The molecule has 1 N–H and O–H groups in total. The van der Waals surface area contributed by atoms with Gasteiger partial charge in [-0.3, -0.25) is 0 Å². The van der Waals surface area contributed by atoms with Gasteiger partial charge in [-0.25, -0.2) is 16.8 Å². The first-order valence-corrected chi connectivity index (χ1v) is 11.8. The summed E-state index contributed by atoms with van der Waals surface area (Å²) >= 11 is 0. The minimum Gasteiger partial charge on any atom is -0.495 e. The topological polar surface area (TPSA) is 89.5 Å². The molecule has 1 aliphatic rings. The molecule has 2 rings (SSSR count). The van der Waals surface area contributed by atoms with Gasteiger partial charge in [-0.2, -0.15) is 0 Å². The lowest BCUT2D eigenvalue weighted by Crippen LogP contribution is -2.44. The molecule has 0 aliphatic carbocycles. The minimum atomic E-state index is -3.84. The van der Waals surface area contributed by atoms with Crippen molar-refractivity contribution >= 4 is 19.7 Å². The van der Waals surface area contributed by atoms with Gasteiger partial charge >= 0.3 is 0 Å². The Labute approximate surface area is 150 Å². The van der Waals surface area contributed by atoms with Gasteiger partial charge in [-0.1, -0.05) is 19.9 Å². The van der Waals surface area contributed by atoms with E-state index in [9.17, 15) is 16.8 Å². The van der Waals surface area contributed by atoms with Gasteiger partial charge in [0.1, 0.15) is 10.6 Å². The summed E-state index contributed by atoms with van der Waals surface area (Å²) in [6.07, 6.45) is 0.858. The molecule has 0 spiro atoms.